The Hall–Kier alpha value is -2.82. The van der Waals surface area contributed by atoms with Crippen LogP contribution in [-0.4, -0.2) is 37.1 Å². The van der Waals surface area contributed by atoms with Crippen LogP contribution in [0.2, 0.25) is 0 Å². The Morgan fingerprint density at radius 3 is 2.77 bits per heavy atom. The van der Waals surface area contributed by atoms with Crippen molar-refractivity contribution >= 4 is 79.2 Å². The molecule has 0 atom stereocenters. The fourth-order valence-electron chi connectivity index (χ4n) is 3.12. The molecule has 0 radical (unpaired) electrons. The van der Waals surface area contributed by atoms with Gasteiger partial charge in [0.05, 0.1) is 45.0 Å². The van der Waals surface area contributed by atoms with Crippen molar-refractivity contribution in [2.45, 2.75) is 6.42 Å². The molecule has 2 amide bonds. The van der Waals surface area contributed by atoms with Crippen LogP contribution in [-0.2, 0) is 14.3 Å². The Morgan fingerprint density at radius 1 is 1.23 bits per heavy atom. The molecular formula is C21H16BrN3O4S2. The van der Waals surface area contributed by atoms with E-state index in [1.807, 2.05) is 24.3 Å². The van der Waals surface area contributed by atoms with Gasteiger partial charge in [-0.1, -0.05) is 12.1 Å². The summed E-state index contributed by atoms with van der Waals surface area (Å²) in [7, 11) is 1.28. The molecule has 0 bridgehead atoms. The average molecular weight is 518 g/mol. The van der Waals surface area contributed by atoms with Gasteiger partial charge in [0.25, 0.3) is 0 Å². The van der Waals surface area contributed by atoms with Crippen LogP contribution in [0.5, 0.6) is 0 Å². The van der Waals surface area contributed by atoms with Crippen LogP contribution in [0, 0.1) is 0 Å². The Kier molecular flexibility index (Phi) is 6.30. The molecule has 3 heterocycles. The molecule has 1 aromatic carbocycles. The van der Waals surface area contributed by atoms with Gasteiger partial charge >= 0.3 is 5.97 Å². The van der Waals surface area contributed by atoms with Crippen molar-refractivity contribution in [3.05, 3.63) is 61.4 Å². The van der Waals surface area contributed by atoms with E-state index in [0.29, 0.717) is 27.7 Å². The van der Waals surface area contributed by atoms with Crippen molar-refractivity contribution in [2.75, 3.05) is 23.9 Å². The summed E-state index contributed by atoms with van der Waals surface area (Å²) in [5, 5.41) is 4.39. The van der Waals surface area contributed by atoms with Gasteiger partial charge in [0, 0.05) is 0 Å². The van der Waals surface area contributed by atoms with Gasteiger partial charge in [0.2, 0.25) is 11.8 Å². The maximum absolute atomic E-state index is 13.1. The number of hydrogen-bond donors (Lipinski definition) is 1. The molecular weight excluding hydrogens is 502 g/mol. The Labute approximate surface area is 194 Å². The van der Waals surface area contributed by atoms with E-state index in [-0.39, 0.29) is 18.9 Å². The predicted octanol–water partition coefficient (Wildman–Crippen LogP) is 4.85. The minimum absolute atomic E-state index is 0.0702. The van der Waals surface area contributed by atoms with Crippen LogP contribution in [0.15, 0.2) is 56.6 Å². The molecule has 1 aliphatic rings. The van der Waals surface area contributed by atoms with Crippen LogP contribution >= 0.6 is 38.6 Å². The van der Waals surface area contributed by atoms with E-state index in [0.717, 1.165) is 8.66 Å². The summed E-state index contributed by atoms with van der Waals surface area (Å²) < 4.78 is 5.69. The fourth-order valence-corrected chi connectivity index (χ4v) is 5.26. The normalized spacial score (nSPS) is 13.3. The van der Waals surface area contributed by atoms with Gasteiger partial charge in [0.1, 0.15) is 11.4 Å². The summed E-state index contributed by atoms with van der Waals surface area (Å²) >= 11 is 6.11. The number of nitrogens with one attached hydrogen (secondary N) is 1. The Morgan fingerprint density at radius 2 is 2.03 bits per heavy atom. The number of halogens is 1. The maximum atomic E-state index is 13.1. The number of esters is 1. The van der Waals surface area contributed by atoms with Gasteiger partial charge in [-0.05, 0) is 51.6 Å². The summed E-state index contributed by atoms with van der Waals surface area (Å²) in [6.45, 7) is -0.205. The molecule has 158 valence electrons. The molecule has 2 aromatic heterocycles. The Balaban J connectivity index is 1.59. The first-order valence-corrected chi connectivity index (χ1v) is 11.6. The van der Waals surface area contributed by atoms with E-state index in [4.69, 9.17) is 9.73 Å². The average Bonchev–Trinajstić information content (AvgIpc) is 3.37. The van der Waals surface area contributed by atoms with Crippen LogP contribution in [0.1, 0.15) is 21.0 Å². The van der Waals surface area contributed by atoms with Gasteiger partial charge in [0.15, 0.2) is 0 Å². The molecule has 0 spiro atoms. The van der Waals surface area contributed by atoms with E-state index in [2.05, 4.69) is 21.2 Å². The molecule has 10 heteroatoms. The number of amides is 2. The lowest BCUT2D eigenvalue weighted by Gasteiger charge is -2.21. The summed E-state index contributed by atoms with van der Waals surface area (Å²) in [5.74, 6) is -1.18. The second kappa shape index (κ2) is 9.13. The smallest absolute Gasteiger partial charge is 0.350 e. The van der Waals surface area contributed by atoms with Crippen LogP contribution in [0.3, 0.4) is 0 Å². The van der Waals surface area contributed by atoms with Crippen LogP contribution in [0.25, 0.3) is 0 Å². The summed E-state index contributed by atoms with van der Waals surface area (Å²) in [4.78, 5) is 45.1. The number of carbonyl (C=O) groups excluding carboxylic acids is 3. The first-order valence-electron chi connectivity index (χ1n) is 9.14. The molecule has 3 aromatic rings. The number of rotatable bonds is 5. The maximum Gasteiger partial charge on any atom is 0.350 e. The zero-order chi connectivity index (χ0) is 22.0. The van der Waals surface area contributed by atoms with Gasteiger partial charge in [-0.25, -0.2) is 9.79 Å². The lowest BCUT2D eigenvalue weighted by molar-refractivity contribution is -0.120. The third-order valence-electron chi connectivity index (χ3n) is 4.52. The zero-order valence-corrected chi connectivity index (χ0v) is 19.5. The van der Waals surface area contributed by atoms with Crippen molar-refractivity contribution in [3.63, 3.8) is 0 Å². The summed E-state index contributed by atoms with van der Waals surface area (Å²) in [6, 6.07) is 12.7. The van der Waals surface area contributed by atoms with Crippen LogP contribution in [0.4, 0.5) is 17.1 Å². The van der Waals surface area contributed by atoms with Gasteiger partial charge in [-0.3, -0.25) is 9.59 Å². The minimum atomic E-state index is -0.526. The predicted molar refractivity (Wildman–Crippen MR) is 126 cm³/mol. The lowest BCUT2D eigenvalue weighted by atomic mass is 10.2. The monoisotopic (exact) mass is 517 g/mol. The van der Waals surface area contributed by atoms with E-state index in [1.165, 1.54) is 34.7 Å². The highest BCUT2D eigenvalue weighted by molar-refractivity contribution is 9.11. The third-order valence-corrected chi connectivity index (χ3v) is 7.08. The van der Waals surface area contributed by atoms with Gasteiger partial charge < -0.3 is 15.0 Å². The first kappa shape index (κ1) is 21.4. The molecule has 0 aliphatic carbocycles. The van der Waals surface area contributed by atoms with E-state index < -0.39 is 11.9 Å². The largest absolute Gasteiger partial charge is 0.465 e. The molecule has 7 nitrogen and oxygen atoms in total. The van der Waals surface area contributed by atoms with Crippen LogP contribution < -0.4 is 10.2 Å². The molecule has 31 heavy (non-hydrogen) atoms. The number of benzene rings is 1. The van der Waals surface area contributed by atoms with Crippen molar-refractivity contribution < 1.29 is 19.1 Å². The number of fused-ring (bicyclic) bond motifs is 1. The molecule has 1 aliphatic heterocycles. The molecule has 0 unspecified atom stereocenters. The number of hydrogen-bond acceptors (Lipinski definition) is 7. The topological polar surface area (TPSA) is 88.1 Å². The quantitative estimate of drug-likeness (QED) is 0.489. The standard InChI is InChI=1S/C21H16BrN3O4S2/c1-29-21(28)20-13(8-9-30-20)24-18(26)11-25-15-5-3-2-4-12(15)23-14(10-19(25)27)16-6-7-17(22)31-16/h2-9H,10-11H2,1H3,(H,24,26). The van der Waals surface area contributed by atoms with Gasteiger partial charge in [-0.15, -0.1) is 22.7 Å². The SMILES string of the molecule is COC(=O)c1sccc1NC(=O)CN1C(=O)CC(c2ccc(Br)s2)=Nc2ccccc21. The highest BCUT2D eigenvalue weighted by Gasteiger charge is 2.27. The van der Waals surface area contributed by atoms with Crippen molar-refractivity contribution in [2.24, 2.45) is 4.99 Å². The van der Waals surface area contributed by atoms with Crippen molar-refractivity contribution in [3.8, 4) is 0 Å². The first-order chi connectivity index (χ1) is 15.0. The number of aliphatic imine (C=N–C) groups is 1. The number of nitrogens with zero attached hydrogens (tertiary/aromatic N) is 2. The number of thiophene rings is 2. The van der Waals surface area contributed by atoms with Crippen molar-refractivity contribution in [1.29, 1.82) is 0 Å². The molecule has 0 saturated carbocycles. The van der Waals surface area contributed by atoms with Crippen molar-refractivity contribution in [1.82, 2.24) is 0 Å². The number of ether oxygens (including phenoxy) is 1. The lowest BCUT2D eigenvalue weighted by Crippen LogP contribution is -2.38. The second-order valence-corrected chi connectivity index (χ2v) is 9.89. The number of methoxy groups -OCH3 is 1. The molecule has 4 rings (SSSR count). The Bertz CT molecular complexity index is 1200. The van der Waals surface area contributed by atoms with E-state index >= 15 is 0 Å². The molecule has 1 N–H and O–H groups in total. The summed E-state index contributed by atoms with van der Waals surface area (Å²) in [6.07, 6.45) is 0.0702. The van der Waals surface area contributed by atoms with E-state index in [1.54, 1.807) is 23.6 Å². The second-order valence-electron chi connectivity index (χ2n) is 6.51. The molecule has 0 fully saturated rings. The van der Waals surface area contributed by atoms with E-state index in [9.17, 15) is 14.4 Å². The minimum Gasteiger partial charge on any atom is -0.465 e. The highest BCUT2D eigenvalue weighted by atomic mass is 79.9. The van der Waals surface area contributed by atoms with Gasteiger partial charge in [-0.2, -0.15) is 0 Å². The highest BCUT2D eigenvalue weighted by Crippen LogP contribution is 2.34. The molecule has 0 saturated heterocycles. The summed E-state index contributed by atoms with van der Waals surface area (Å²) in [5.41, 5.74) is 2.19. The number of carbonyl (C=O) groups is 3. The third kappa shape index (κ3) is 4.60. The fraction of sp³-hybridized carbons (Fsp3) is 0.143. The zero-order valence-electron chi connectivity index (χ0n) is 16.3. The number of para-hydroxylation sites is 2. The number of anilines is 2.